The number of amides is 2. The number of nitrogens with zero attached hydrogens (tertiary/aromatic N) is 1. The molecule has 2 amide bonds. The molecule has 1 unspecified atom stereocenters. The first-order chi connectivity index (χ1) is 9.99. The third kappa shape index (κ3) is 3.73. The molecular formula is C13H16F2N4O2. The van der Waals surface area contributed by atoms with E-state index in [-0.39, 0.29) is 6.54 Å². The molecule has 1 atom stereocenters. The van der Waals surface area contributed by atoms with Gasteiger partial charge in [-0.2, -0.15) is 0 Å². The van der Waals surface area contributed by atoms with Gasteiger partial charge >= 0.3 is 0 Å². The fraction of sp³-hybridized carbons (Fsp3) is 0.385. The molecule has 114 valence electrons. The number of rotatable bonds is 4. The molecule has 0 spiro atoms. The van der Waals surface area contributed by atoms with Crippen LogP contribution >= 0.6 is 0 Å². The summed E-state index contributed by atoms with van der Waals surface area (Å²) in [6.45, 7) is 1.23. The molecule has 4 N–H and O–H groups in total. The van der Waals surface area contributed by atoms with Crippen LogP contribution in [0.15, 0.2) is 18.2 Å². The summed E-state index contributed by atoms with van der Waals surface area (Å²) in [5, 5.41) is 5.18. The third-order valence-corrected chi connectivity index (χ3v) is 3.26. The van der Waals surface area contributed by atoms with Gasteiger partial charge in [-0.3, -0.25) is 14.5 Å². The molecule has 1 aromatic rings. The number of carbonyl (C=O) groups excluding carboxylic acids is 2. The minimum absolute atomic E-state index is 0.164. The summed E-state index contributed by atoms with van der Waals surface area (Å²) in [4.78, 5) is 24.8. The average Bonchev–Trinajstić information content (AvgIpc) is 2.43. The van der Waals surface area contributed by atoms with Crippen molar-refractivity contribution in [1.82, 2.24) is 10.2 Å². The second-order valence-electron chi connectivity index (χ2n) is 4.74. The molecule has 21 heavy (non-hydrogen) atoms. The van der Waals surface area contributed by atoms with Crippen molar-refractivity contribution in [2.24, 2.45) is 5.73 Å². The van der Waals surface area contributed by atoms with Crippen LogP contribution in [0.4, 0.5) is 14.5 Å². The molecule has 6 nitrogen and oxygen atoms in total. The lowest BCUT2D eigenvalue weighted by atomic mass is 10.2. The molecule has 1 fully saturated rings. The molecular weight excluding hydrogens is 282 g/mol. The van der Waals surface area contributed by atoms with Crippen molar-refractivity contribution in [1.29, 1.82) is 0 Å². The third-order valence-electron chi connectivity index (χ3n) is 3.26. The number of benzene rings is 1. The molecule has 1 aliphatic rings. The Labute approximate surface area is 120 Å². The summed E-state index contributed by atoms with van der Waals surface area (Å²) < 4.78 is 26.9. The maximum absolute atomic E-state index is 13.4. The zero-order chi connectivity index (χ0) is 15.4. The first-order valence-electron chi connectivity index (χ1n) is 6.47. The van der Waals surface area contributed by atoms with E-state index in [1.807, 2.05) is 0 Å². The molecule has 1 saturated heterocycles. The fourth-order valence-electron chi connectivity index (χ4n) is 2.20. The Morgan fingerprint density at radius 1 is 1.38 bits per heavy atom. The fourth-order valence-corrected chi connectivity index (χ4v) is 2.20. The summed E-state index contributed by atoms with van der Waals surface area (Å²) >= 11 is 0. The largest absolute Gasteiger partial charge is 0.368 e. The van der Waals surface area contributed by atoms with E-state index in [2.05, 4.69) is 10.6 Å². The molecule has 1 heterocycles. The zero-order valence-corrected chi connectivity index (χ0v) is 11.2. The van der Waals surface area contributed by atoms with Gasteiger partial charge in [0, 0.05) is 19.6 Å². The molecule has 8 heteroatoms. The van der Waals surface area contributed by atoms with Crippen molar-refractivity contribution in [3.63, 3.8) is 0 Å². The quantitative estimate of drug-likeness (QED) is 0.710. The smallest absolute Gasteiger partial charge is 0.238 e. The number of nitrogens with two attached hydrogens (primary N) is 1. The van der Waals surface area contributed by atoms with Crippen LogP contribution in [0.1, 0.15) is 0 Å². The van der Waals surface area contributed by atoms with E-state index in [0.717, 1.165) is 12.1 Å². The Hall–Kier alpha value is -2.06. The lowest BCUT2D eigenvalue weighted by Crippen LogP contribution is -2.58. The lowest BCUT2D eigenvalue weighted by Gasteiger charge is -2.33. The number of hydrogen-bond acceptors (Lipinski definition) is 4. The second-order valence-corrected chi connectivity index (χ2v) is 4.74. The average molecular weight is 298 g/mol. The van der Waals surface area contributed by atoms with Gasteiger partial charge in [0.05, 0.1) is 6.54 Å². The van der Waals surface area contributed by atoms with Crippen LogP contribution in [0.2, 0.25) is 0 Å². The van der Waals surface area contributed by atoms with E-state index in [1.165, 1.54) is 6.07 Å². The normalized spacial score (nSPS) is 19.2. The zero-order valence-electron chi connectivity index (χ0n) is 11.2. The molecule has 1 aliphatic heterocycles. The number of halogens is 2. The molecule has 0 saturated carbocycles. The highest BCUT2D eigenvalue weighted by Gasteiger charge is 2.28. The van der Waals surface area contributed by atoms with Crippen LogP contribution in [0.5, 0.6) is 0 Å². The number of para-hydroxylation sites is 1. The van der Waals surface area contributed by atoms with E-state index in [9.17, 15) is 18.4 Å². The first-order valence-corrected chi connectivity index (χ1v) is 6.47. The van der Waals surface area contributed by atoms with Crippen LogP contribution in [0.25, 0.3) is 0 Å². The Balaban J connectivity index is 2.02. The highest BCUT2D eigenvalue weighted by molar-refractivity contribution is 5.93. The van der Waals surface area contributed by atoms with Crippen molar-refractivity contribution in [2.45, 2.75) is 6.04 Å². The Morgan fingerprint density at radius 2 is 2.05 bits per heavy atom. The van der Waals surface area contributed by atoms with Gasteiger partial charge in [0.2, 0.25) is 11.8 Å². The summed E-state index contributed by atoms with van der Waals surface area (Å²) in [6.07, 6.45) is 0. The van der Waals surface area contributed by atoms with Crippen LogP contribution in [-0.4, -0.2) is 48.9 Å². The summed E-state index contributed by atoms with van der Waals surface area (Å²) in [7, 11) is 0. The van der Waals surface area contributed by atoms with Gasteiger partial charge < -0.3 is 16.4 Å². The predicted octanol–water partition coefficient (Wildman–Crippen LogP) is -0.338. The highest BCUT2D eigenvalue weighted by atomic mass is 19.1. The highest BCUT2D eigenvalue weighted by Crippen LogP contribution is 2.18. The van der Waals surface area contributed by atoms with E-state index < -0.39 is 35.2 Å². The van der Waals surface area contributed by atoms with E-state index in [0.29, 0.717) is 19.6 Å². The van der Waals surface area contributed by atoms with Gasteiger partial charge in [0.25, 0.3) is 0 Å². The van der Waals surface area contributed by atoms with E-state index in [1.54, 1.807) is 4.90 Å². The minimum atomic E-state index is -0.852. The molecule has 0 aliphatic carbocycles. The summed E-state index contributed by atoms with van der Waals surface area (Å²) in [6, 6.07) is 2.69. The monoisotopic (exact) mass is 298 g/mol. The van der Waals surface area contributed by atoms with Gasteiger partial charge in [-0.1, -0.05) is 6.07 Å². The van der Waals surface area contributed by atoms with Gasteiger partial charge in [-0.05, 0) is 12.1 Å². The standard InChI is InChI=1S/C13H16F2N4O2/c14-8-2-1-3-9(15)12(8)18-11(20)7-19-5-4-17-6-10(19)13(16)21/h1-3,10,17H,4-7H2,(H2,16,21)(H,18,20). The molecule has 0 aromatic heterocycles. The summed E-state index contributed by atoms with van der Waals surface area (Å²) in [5.74, 6) is -2.86. The molecule has 0 bridgehead atoms. The van der Waals surface area contributed by atoms with Gasteiger partial charge in [-0.25, -0.2) is 8.78 Å². The number of primary amides is 1. The van der Waals surface area contributed by atoms with Crippen LogP contribution in [0.3, 0.4) is 0 Å². The molecule has 2 rings (SSSR count). The number of carbonyl (C=O) groups is 2. The second kappa shape index (κ2) is 6.59. The first kappa shape index (κ1) is 15.3. The van der Waals surface area contributed by atoms with Crippen LogP contribution in [-0.2, 0) is 9.59 Å². The van der Waals surface area contributed by atoms with E-state index >= 15 is 0 Å². The van der Waals surface area contributed by atoms with Crippen LogP contribution in [0, 0.1) is 11.6 Å². The Bertz CT molecular complexity index is 533. The Morgan fingerprint density at radius 3 is 2.67 bits per heavy atom. The number of hydrogen-bond donors (Lipinski definition) is 3. The SMILES string of the molecule is NC(=O)C1CNCCN1CC(=O)Nc1c(F)cccc1F. The van der Waals surface area contributed by atoms with Gasteiger partial charge in [-0.15, -0.1) is 0 Å². The minimum Gasteiger partial charge on any atom is -0.368 e. The molecule has 1 aromatic carbocycles. The van der Waals surface area contributed by atoms with Gasteiger partial charge in [0.1, 0.15) is 23.4 Å². The topological polar surface area (TPSA) is 87.5 Å². The van der Waals surface area contributed by atoms with Gasteiger partial charge in [0.15, 0.2) is 0 Å². The van der Waals surface area contributed by atoms with Crippen LogP contribution < -0.4 is 16.4 Å². The number of anilines is 1. The number of nitrogens with one attached hydrogen (secondary N) is 2. The maximum atomic E-state index is 13.4. The van der Waals surface area contributed by atoms with Crippen molar-refractivity contribution < 1.29 is 18.4 Å². The van der Waals surface area contributed by atoms with Crippen molar-refractivity contribution in [3.05, 3.63) is 29.8 Å². The van der Waals surface area contributed by atoms with Crippen molar-refractivity contribution in [2.75, 3.05) is 31.5 Å². The maximum Gasteiger partial charge on any atom is 0.238 e. The molecule has 0 radical (unpaired) electrons. The summed E-state index contributed by atoms with van der Waals surface area (Å²) in [5.41, 5.74) is 4.77. The number of piperazine rings is 1. The predicted molar refractivity (Wildman–Crippen MR) is 72.4 cm³/mol. The Kier molecular flexibility index (Phi) is 4.81. The van der Waals surface area contributed by atoms with Crippen molar-refractivity contribution in [3.8, 4) is 0 Å². The lowest BCUT2D eigenvalue weighted by molar-refractivity contribution is -0.125. The van der Waals surface area contributed by atoms with E-state index in [4.69, 9.17) is 5.73 Å². The van der Waals surface area contributed by atoms with Crippen molar-refractivity contribution >= 4 is 17.5 Å².